The molecular weight excluding hydrogens is 583 g/mol. The normalized spacial score (nSPS) is 11.2. The molecule has 1 heterocycles. The van der Waals surface area contributed by atoms with Crippen LogP contribution in [0.5, 0.6) is 0 Å². The van der Waals surface area contributed by atoms with Gasteiger partial charge in [0.05, 0.1) is 34.9 Å². The minimum atomic E-state index is 0.458. The third-order valence-corrected chi connectivity index (χ3v) is 9.82. The summed E-state index contributed by atoms with van der Waals surface area (Å²) in [7, 11) is 0. The summed E-state index contributed by atoms with van der Waals surface area (Å²) in [6, 6.07) is 36.8. The SMILES string of the molecule is [C-]#[N+]c1cc(-c2c(C)cc(C)cc2C)cc(C#N)c1-n1c2ccc(-c3c(C)cccc3C)cc2c2cc(-c3c(C)cccc3C)ccc21. The lowest BCUT2D eigenvalue weighted by atomic mass is 9.92. The number of benzene rings is 6. The second-order valence-corrected chi connectivity index (χ2v) is 13.2. The summed E-state index contributed by atoms with van der Waals surface area (Å²) in [5.41, 5.74) is 18.6. The fraction of sp³-hybridized carbons (Fsp3) is 0.156. The van der Waals surface area contributed by atoms with Gasteiger partial charge in [-0.3, -0.25) is 0 Å². The summed E-state index contributed by atoms with van der Waals surface area (Å²) in [5, 5.41) is 12.9. The third-order valence-electron chi connectivity index (χ3n) is 9.82. The Morgan fingerprint density at radius 1 is 0.542 bits per heavy atom. The predicted octanol–water partition coefficient (Wildman–Crippen LogP) is 12.4. The Balaban J connectivity index is 1.57. The van der Waals surface area contributed by atoms with Gasteiger partial charge in [-0.15, -0.1) is 0 Å². The van der Waals surface area contributed by atoms with Crippen LogP contribution in [0.3, 0.4) is 0 Å². The van der Waals surface area contributed by atoms with Crippen molar-refractivity contribution in [1.29, 1.82) is 5.26 Å². The predicted molar refractivity (Wildman–Crippen MR) is 201 cm³/mol. The maximum atomic E-state index is 10.7. The Morgan fingerprint density at radius 2 is 1.00 bits per heavy atom. The van der Waals surface area contributed by atoms with Gasteiger partial charge in [0.25, 0.3) is 0 Å². The lowest BCUT2D eigenvalue weighted by Gasteiger charge is -2.17. The van der Waals surface area contributed by atoms with Crippen molar-refractivity contribution in [3.63, 3.8) is 0 Å². The zero-order valence-corrected chi connectivity index (χ0v) is 28.6. The quantitative estimate of drug-likeness (QED) is 0.180. The molecule has 232 valence electrons. The van der Waals surface area contributed by atoms with E-state index < -0.39 is 0 Å². The van der Waals surface area contributed by atoms with Crippen LogP contribution >= 0.6 is 0 Å². The van der Waals surface area contributed by atoms with E-state index in [2.05, 4.69) is 149 Å². The number of hydrogen-bond donors (Lipinski definition) is 0. The molecule has 3 nitrogen and oxygen atoms in total. The van der Waals surface area contributed by atoms with Crippen LogP contribution in [0.15, 0.2) is 97.1 Å². The topological polar surface area (TPSA) is 33.1 Å². The third kappa shape index (κ3) is 4.88. The van der Waals surface area contributed by atoms with Gasteiger partial charge in [-0.05, 0) is 152 Å². The second-order valence-electron chi connectivity index (χ2n) is 13.2. The Bertz CT molecular complexity index is 2340. The first-order valence-corrected chi connectivity index (χ1v) is 16.4. The molecule has 0 aliphatic heterocycles. The highest BCUT2D eigenvalue weighted by molar-refractivity contribution is 6.12. The molecule has 0 fully saturated rings. The molecule has 7 aromatic rings. The summed E-state index contributed by atoms with van der Waals surface area (Å²) in [6.45, 7) is 23.3. The van der Waals surface area contributed by atoms with Crippen molar-refractivity contribution in [2.75, 3.05) is 0 Å². The van der Waals surface area contributed by atoms with Gasteiger partial charge in [-0.1, -0.05) is 66.2 Å². The van der Waals surface area contributed by atoms with E-state index in [9.17, 15) is 5.26 Å². The molecule has 0 amide bonds. The molecule has 1 aromatic heterocycles. The number of nitrogens with zero attached hydrogens (tertiary/aromatic N) is 3. The van der Waals surface area contributed by atoms with Crippen molar-refractivity contribution in [3.05, 3.63) is 153 Å². The van der Waals surface area contributed by atoms with Crippen LogP contribution in [0, 0.1) is 66.4 Å². The van der Waals surface area contributed by atoms with E-state index in [0.717, 1.165) is 55.2 Å². The molecular formula is C45H37N3. The van der Waals surface area contributed by atoms with Crippen molar-refractivity contribution >= 4 is 27.5 Å². The lowest BCUT2D eigenvalue weighted by Crippen LogP contribution is -2.00. The highest BCUT2D eigenvalue weighted by Crippen LogP contribution is 2.43. The van der Waals surface area contributed by atoms with Crippen molar-refractivity contribution in [2.45, 2.75) is 48.5 Å². The van der Waals surface area contributed by atoms with Gasteiger partial charge in [0, 0.05) is 10.8 Å². The monoisotopic (exact) mass is 619 g/mol. The van der Waals surface area contributed by atoms with Crippen LogP contribution in [0.25, 0.3) is 65.7 Å². The molecule has 6 aromatic carbocycles. The molecule has 0 aliphatic carbocycles. The van der Waals surface area contributed by atoms with Crippen LogP contribution in [-0.2, 0) is 0 Å². The van der Waals surface area contributed by atoms with Gasteiger partial charge < -0.3 is 4.57 Å². The number of aryl methyl sites for hydroxylation is 7. The lowest BCUT2D eigenvalue weighted by molar-refractivity contribution is 1.17. The molecule has 3 heteroatoms. The Kier molecular flexibility index (Phi) is 7.50. The Hall–Kier alpha value is -5.90. The van der Waals surface area contributed by atoms with E-state index in [1.807, 2.05) is 12.1 Å². The van der Waals surface area contributed by atoms with E-state index in [4.69, 9.17) is 6.57 Å². The number of rotatable bonds is 4. The molecule has 48 heavy (non-hydrogen) atoms. The van der Waals surface area contributed by atoms with Crippen LogP contribution in [-0.4, -0.2) is 4.57 Å². The highest BCUT2D eigenvalue weighted by atomic mass is 15.0. The van der Waals surface area contributed by atoms with Crippen molar-refractivity contribution in [1.82, 2.24) is 4.57 Å². The average Bonchev–Trinajstić information content (AvgIpc) is 3.36. The van der Waals surface area contributed by atoms with Gasteiger partial charge in [0.1, 0.15) is 0 Å². The first-order valence-electron chi connectivity index (χ1n) is 16.4. The first-order chi connectivity index (χ1) is 23.1. The van der Waals surface area contributed by atoms with Gasteiger partial charge >= 0.3 is 0 Å². The van der Waals surface area contributed by atoms with Crippen molar-refractivity contribution in [2.24, 2.45) is 0 Å². The molecule has 7 rings (SSSR count). The molecule has 0 unspecified atom stereocenters. The molecule has 0 spiro atoms. The first kappa shape index (κ1) is 30.7. The maximum absolute atomic E-state index is 10.7. The largest absolute Gasteiger partial charge is 0.318 e. The van der Waals surface area contributed by atoms with Gasteiger partial charge in [0.15, 0.2) is 0 Å². The van der Waals surface area contributed by atoms with E-state index >= 15 is 0 Å². The van der Waals surface area contributed by atoms with Crippen LogP contribution in [0.2, 0.25) is 0 Å². The fourth-order valence-electron chi connectivity index (χ4n) is 7.92. The Morgan fingerprint density at radius 3 is 1.44 bits per heavy atom. The molecule has 0 bridgehead atoms. The molecule has 0 atom stereocenters. The summed E-state index contributed by atoms with van der Waals surface area (Å²) in [4.78, 5) is 4.07. The summed E-state index contributed by atoms with van der Waals surface area (Å²) in [6.07, 6.45) is 0. The molecule has 0 N–H and O–H groups in total. The van der Waals surface area contributed by atoms with E-state index in [1.165, 1.54) is 38.9 Å². The number of fused-ring (bicyclic) bond motifs is 3. The van der Waals surface area contributed by atoms with E-state index in [0.29, 0.717) is 16.9 Å². The zero-order valence-electron chi connectivity index (χ0n) is 28.6. The fourth-order valence-corrected chi connectivity index (χ4v) is 7.92. The van der Waals surface area contributed by atoms with Gasteiger partial charge in [-0.25, -0.2) is 4.85 Å². The standard InChI is InChI=1S/C45H37N3/c1-26-19-31(6)44(32(7)20-26)35-21-36(25-46)45(39(24-35)47-8)48-40-17-15-33(42-27(2)11-9-12-28(42)3)22-37(40)38-23-34(16-18-41(38)48)43-29(4)13-10-14-30(43)5/h9-24H,1-7H3. The van der Waals surface area contributed by atoms with Crippen LogP contribution in [0.4, 0.5) is 5.69 Å². The molecule has 0 saturated carbocycles. The van der Waals surface area contributed by atoms with Crippen molar-refractivity contribution < 1.29 is 0 Å². The maximum Gasteiger partial charge on any atom is 0.212 e. The van der Waals surface area contributed by atoms with E-state index in [-0.39, 0.29) is 0 Å². The van der Waals surface area contributed by atoms with Crippen molar-refractivity contribution in [3.8, 4) is 45.1 Å². The van der Waals surface area contributed by atoms with E-state index in [1.54, 1.807) is 0 Å². The summed E-state index contributed by atoms with van der Waals surface area (Å²) < 4.78 is 2.14. The minimum Gasteiger partial charge on any atom is -0.318 e. The highest BCUT2D eigenvalue weighted by Gasteiger charge is 2.22. The molecule has 0 saturated heterocycles. The molecule has 0 radical (unpaired) electrons. The zero-order chi connectivity index (χ0) is 33.9. The number of hydrogen-bond acceptors (Lipinski definition) is 1. The van der Waals surface area contributed by atoms with Gasteiger partial charge in [-0.2, -0.15) is 5.26 Å². The number of nitriles is 1. The Labute approximate surface area is 283 Å². The van der Waals surface area contributed by atoms with Crippen LogP contribution < -0.4 is 0 Å². The smallest absolute Gasteiger partial charge is 0.212 e. The second kappa shape index (κ2) is 11.7. The number of aromatic nitrogens is 1. The molecule has 0 aliphatic rings. The summed E-state index contributed by atoms with van der Waals surface area (Å²) in [5.74, 6) is 0. The average molecular weight is 620 g/mol. The minimum absolute atomic E-state index is 0.458. The van der Waals surface area contributed by atoms with Gasteiger partial charge in [0.2, 0.25) is 5.69 Å². The summed E-state index contributed by atoms with van der Waals surface area (Å²) >= 11 is 0. The van der Waals surface area contributed by atoms with Crippen LogP contribution in [0.1, 0.15) is 44.5 Å².